The second-order valence-electron chi connectivity index (χ2n) is 6.35. The largest absolute Gasteiger partial charge is 0.507 e. The molecule has 0 radical (unpaired) electrons. The molecule has 0 bridgehead atoms. The number of benzene rings is 1. The number of rotatable bonds is 9. The molecule has 0 saturated heterocycles. The van der Waals surface area contributed by atoms with E-state index in [9.17, 15) is 9.90 Å². The monoisotopic (exact) mass is 343 g/mol. The SMILES string of the molecule is Cc1c(OCCCOc2cccnc2)ccc(C(=O)CC(C)C)c1O. The predicted octanol–water partition coefficient (Wildman–Crippen LogP) is 4.17. The van der Waals surface area contributed by atoms with Crippen LogP contribution >= 0.6 is 0 Å². The van der Waals surface area contributed by atoms with Gasteiger partial charge >= 0.3 is 0 Å². The molecule has 1 N–H and O–H groups in total. The molecule has 1 aromatic carbocycles. The minimum absolute atomic E-state index is 0.00904. The predicted molar refractivity (Wildman–Crippen MR) is 96.5 cm³/mol. The van der Waals surface area contributed by atoms with Gasteiger partial charge in [0.2, 0.25) is 0 Å². The number of aromatic nitrogens is 1. The summed E-state index contributed by atoms with van der Waals surface area (Å²) < 4.78 is 11.3. The summed E-state index contributed by atoms with van der Waals surface area (Å²) in [6.07, 6.45) is 4.47. The summed E-state index contributed by atoms with van der Waals surface area (Å²) in [6.45, 7) is 6.68. The third-order valence-corrected chi connectivity index (χ3v) is 3.72. The lowest BCUT2D eigenvalue weighted by molar-refractivity contribution is 0.0965. The number of pyridine rings is 1. The van der Waals surface area contributed by atoms with Crippen molar-refractivity contribution in [3.63, 3.8) is 0 Å². The summed E-state index contributed by atoms with van der Waals surface area (Å²) in [5.41, 5.74) is 0.946. The zero-order valence-corrected chi connectivity index (χ0v) is 15.0. The third kappa shape index (κ3) is 5.48. The Morgan fingerprint density at radius 3 is 2.64 bits per heavy atom. The highest BCUT2D eigenvalue weighted by Gasteiger charge is 2.16. The van der Waals surface area contributed by atoms with E-state index in [1.807, 2.05) is 26.0 Å². The van der Waals surface area contributed by atoms with Crippen molar-refractivity contribution in [3.05, 3.63) is 47.8 Å². The zero-order chi connectivity index (χ0) is 18.2. The fraction of sp³-hybridized carbons (Fsp3) is 0.400. The van der Waals surface area contributed by atoms with Crippen LogP contribution in [0.4, 0.5) is 0 Å². The molecule has 0 spiro atoms. The number of ketones is 1. The van der Waals surface area contributed by atoms with E-state index in [-0.39, 0.29) is 17.5 Å². The molecule has 0 unspecified atom stereocenters. The fourth-order valence-electron chi connectivity index (χ4n) is 2.41. The summed E-state index contributed by atoms with van der Waals surface area (Å²) in [7, 11) is 0. The van der Waals surface area contributed by atoms with Crippen molar-refractivity contribution in [1.29, 1.82) is 0 Å². The topological polar surface area (TPSA) is 68.7 Å². The molecule has 2 rings (SSSR count). The molecule has 0 aliphatic carbocycles. The van der Waals surface area contributed by atoms with E-state index in [1.165, 1.54) is 0 Å². The van der Waals surface area contributed by atoms with Gasteiger partial charge in [0.15, 0.2) is 5.78 Å². The number of Topliss-reactive ketones (excluding diaryl/α,β-unsaturated/α-hetero) is 1. The zero-order valence-electron chi connectivity index (χ0n) is 15.0. The van der Waals surface area contributed by atoms with E-state index in [1.54, 1.807) is 31.5 Å². The van der Waals surface area contributed by atoms with Gasteiger partial charge in [-0.25, -0.2) is 0 Å². The lowest BCUT2D eigenvalue weighted by Crippen LogP contribution is -2.07. The standard InChI is InChI=1S/C20H25NO4/c1-14(2)12-18(22)17-7-8-19(15(3)20(17)23)25-11-5-10-24-16-6-4-9-21-13-16/h4,6-9,13-14,23H,5,10-12H2,1-3H3. The van der Waals surface area contributed by atoms with Gasteiger partial charge in [-0.3, -0.25) is 9.78 Å². The molecule has 0 saturated carbocycles. The number of hydrogen-bond donors (Lipinski definition) is 1. The van der Waals surface area contributed by atoms with Crippen molar-refractivity contribution < 1.29 is 19.4 Å². The second kappa shape index (κ2) is 9.06. The van der Waals surface area contributed by atoms with Gasteiger partial charge in [-0.2, -0.15) is 0 Å². The number of ether oxygens (including phenoxy) is 2. The molecule has 5 heteroatoms. The Morgan fingerprint density at radius 1 is 1.20 bits per heavy atom. The normalized spacial score (nSPS) is 10.7. The maximum atomic E-state index is 12.2. The van der Waals surface area contributed by atoms with Crippen molar-refractivity contribution in [1.82, 2.24) is 4.98 Å². The molecule has 2 aromatic rings. The van der Waals surface area contributed by atoms with Gasteiger partial charge in [-0.1, -0.05) is 13.8 Å². The summed E-state index contributed by atoms with van der Waals surface area (Å²) in [6, 6.07) is 7.04. The number of carbonyl (C=O) groups is 1. The Balaban J connectivity index is 1.86. The first-order valence-corrected chi connectivity index (χ1v) is 8.50. The lowest BCUT2D eigenvalue weighted by Gasteiger charge is -2.13. The summed E-state index contributed by atoms with van der Waals surface area (Å²) in [5.74, 6) is 1.52. The molecule has 0 fully saturated rings. The number of carbonyl (C=O) groups excluding carboxylic acids is 1. The van der Waals surface area contributed by atoms with Crippen LogP contribution in [-0.4, -0.2) is 29.1 Å². The van der Waals surface area contributed by atoms with E-state index in [2.05, 4.69) is 4.98 Å². The summed E-state index contributed by atoms with van der Waals surface area (Å²) >= 11 is 0. The molecule has 1 aromatic heterocycles. The van der Waals surface area contributed by atoms with E-state index >= 15 is 0 Å². The number of hydrogen-bond acceptors (Lipinski definition) is 5. The Kier molecular flexibility index (Phi) is 6.81. The molecule has 0 aliphatic rings. The summed E-state index contributed by atoms with van der Waals surface area (Å²) in [5, 5.41) is 10.3. The van der Waals surface area contributed by atoms with Crippen molar-refractivity contribution in [2.24, 2.45) is 5.92 Å². The minimum atomic E-state index is -0.0491. The molecule has 134 valence electrons. The van der Waals surface area contributed by atoms with Crippen molar-refractivity contribution in [2.75, 3.05) is 13.2 Å². The average molecular weight is 343 g/mol. The van der Waals surface area contributed by atoms with Crippen molar-refractivity contribution >= 4 is 5.78 Å². The van der Waals surface area contributed by atoms with Gasteiger partial charge in [-0.05, 0) is 37.1 Å². The highest BCUT2D eigenvalue weighted by molar-refractivity contribution is 5.99. The average Bonchev–Trinajstić information content (AvgIpc) is 2.58. The fourth-order valence-corrected chi connectivity index (χ4v) is 2.41. The van der Waals surface area contributed by atoms with E-state index < -0.39 is 0 Å². The molecule has 0 amide bonds. The van der Waals surface area contributed by atoms with Crippen LogP contribution in [0.15, 0.2) is 36.7 Å². The van der Waals surface area contributed by atoms with Gasteiger partial charge in [0.05, 0.1) is 25.0 Å². The molecule has 5 nitrogen and oxygen atoms in total. The van der Waals surface area contributed by atoms with Crippen LogP contribution in [-0.2, 0) is 0 Å². The minimum Gasteiger partial charge on any atom is -0.507 e. The van der Waals surface area contributed by atoms with Crippen LogP contribution < -0.4 is 9.47 Å². The first-order chi connectivity index (χ1) is 12.0. The van der Waals surface area contributed by atoms with Crippen LogP contribution in [0.2, 0.25) is 0 Å². The van der Waals surface area contributed by atoms with Crippen LogP contribution in [0, 0.1) is 12.8 Å². The maximum Gasteiger partial charge on any atom is 0.166 e. The van der Waals surface area contributed by atoms with Crippen molar-refractivity contribution in [2.45, 2.75) is 33.6 Å². The number of nitrogens with zero attached hydrogens (tertiary/aromatic N) is 1. The Morgan fingerprint density at radius 2 is 1.96 bits per heavy atom. The smallest absolute Gasteiger partial charge is 0.166 e. The lowest BCUT2D eigenvalue weighted by atomic mass is 9.98. The number of aromatic hydroxyl groups is 1. The van der Waals surface area contributed by atoms with Crippen LogP contribution in [0.5, 0.6) is 17.2 Å². The number of phenolic OH excluding ortho intramolecular Hbond substituents is 1. The van der Waals surface area contributed by atoms with E-state index in [4.69, 9.17) is 9.47 Å². The van der Waals surface area contributed by atoms with Crippen LogP contribution in [0.3, 0.4) is 0 Å². The molecule has 25 heavy (non-hydrogen) atoms. The first kappa shape index (κ1) is 18.8. The Bertz CT molecular complexity index is 698. The Labute approximate surface area is 148 Å². The maximum absolute atomic E-state index is 12.2. The van der Waals surface area contributed by atoms with Gasteiger partial charge in [0.1, 0.15) is 17.2 Å². The van der Waals surface area contributed by atoms with Gasteiger partial charge in [-0.15, -0.1) is 0 Å². The molecule has 0 atom stereocenters. The van der Waals surface area contributed by atoms with E-state index in [0.29, 0.717) is 42.9 Å². The molecule has 0 aliphatic heterocycles. The number of phenols is 1. The highest BCUT2D eigenvalue weighted by Crippen LogP contribution is 2.31. The van der Waals surface area contributed by atoms with Gasteiger partial charge in [0.25, 0.3) is 0 Å². The van der Waals surface area contributed by atoms with Crippen LogP contribution in [0.25, 0.3) is 0 Å². The Hall–Kier alpha value is -2.56. The van der Waals surface area contributed by atoms with Gasteiger partial charge in [0, 0.05) is 24.6 Å². The third-order valence-electron chi connectivity index (χ3n) is 3.72. The second-order valence-corrected chi connectivity index (χ2v) is 6.35. The van der Waals surface area contributed by atoms with E-state index in [0.717, 1.165) is 5.75 Å². The summed E-state index contributed by atoms with van der Waals surface area (Å²) in [4.78, 5) is 16.1. The first-order valence-electron chi connectivity index (χ1n) is 8.50. The highest BCUT2D eigenvalue weighted by atomic mass is 16.5. The van der Waals surface area contributed by atoms with Crippen molar-refractivity contribution in [3.8, 4) is 17.2 Å². The van der Waals surface area contributed by atoms with Crippen LogP contribution in [0.1, 0.15) is 42.6 Å². The quantitative estimate of drug-likeness (QED) is 0.546. The molecular formula is C20H25NO4. The van der Waals surface area contributed by atoms with Gasteiger partial charge < -0.3 is 14.6 Å². The molecule has 1 heterocycles. The molecular weight excluding hydrogens is 318 g/mol.